The predicted octanol–water partition coefficient (Wildman–Crippen LogP) is 1.41. The highest BCUT2D eigenvalue weighted by atomic mass is 28.3. The van der Waals surface area contributed by atoms with Gasteiger partial charge in [0.1, 0.15) is 0 Å². The monoisotopic (exact) mass is 161 g/mol. The Kier molecular flexibility index (Phi) is 4.94. The Morgan fingerprint density at radius 1 is 1.50 bits per heavy atom. The molecule has 3 heteroatoms. The van der Waals surface area contributed by atoms with E-state index in [1.807, 2.05) is 0 Å². The third-order valence-corrected chi connectivity index (χ3v) is 3.21. The Labute approximate surface area is 64.8 Å². The van der Waals surface area contributed by atoms with Crippen LogP contribution in [0, 0.1) is 0 Å². The first-order valence-corrected chi connectivity index (χ1v) is 6.29. The fraction of sp³-hybridized carbons (Fsp3) is 1.00. The standard InChI is InChI=1S/C7H17O2Si/c1-5-7(10(3)4)9-6(2)8/h6-8H,5H2,1-4H3. The molecule has 0 saturated carbocycles. The van der Waals surface area contributed by atoms with E-state index >= 15 is 0 Å². The molecule has 0 heterocycles. The number of ether oxygens (including phenoxy) is 1. The van der Waals surface area contributed by atoms with Crippen LogP contribution in [0.25, 0.3) is 0 Å². The molecule has 0 aliphatic carbocycles. The minimum atomic E-state index is -0.607. The van der Waals surface area contributed by atoms with Crippen LogP contribution in [0.5, 0.6) is 0 Å². The topological polar surface area (TPSA) is 29.5 Å². The highest BCUT2D eigenvalue weighted by molar-refractivity contribution is 6.57. The lowest BCUT2D eigenvalue weighted by Gasteiger charge is -2.20. The minimum absolute atomic E-state index is 0.296. The summed E-state index contributed by atoms with van der Waals surface area (Å²) in [5.41, 5.74) is 0.296. The van der Waals surface area contributed by atoms with E-state index in [0.717, 1.165) is 6.42 Å². The van der Waals surface area contributed by atoms with Crippen LogP contribution in [0.1, 0.15) is 20.3 Å². The first-order valence-electron chi connectivity index (χ1n) is 3.71. The minimum Gasteiger partial charge on any atom is -0.368 e. The maximum absolute atomic E-state index is 8.90. The zero-order valence-corrected chi connectivity index (χ0v) is 8.22. The average Bonchev–Trinajstić information content (AvgIpc) is 1.81. The predicted molar refractivity (Wildman–Crippen MR) is 44.3 cm³/mol. The molecule has 0 saturated heterocycles. The van der Waals surface area contributed by atoms with E-state index in [1.54, 1.807) is 6.92 Å². The smallest absolute Gasteiger partial charge is 0.151 e. The number of rotatable bonds is 4. The lowest BCUT2D eigenvalue weighted by molar-refractivity contribution is -0.101. The van der Waals surface area contributed by atoms with Crippen molar-refractivity contribution < 1.29 is 9.84 Å². The first kappa shape index (κ1) is 10.1. The molecule has 2 atom stereocenters. The highest BCUT2D eigenvalue weighted by Crippen LogP contribution is 2.04. The summed E-state index contributed by atoms with van der Waals surface area (Å²) in [6.07, 6.45) is 0.400. The lowest BCUT2D eigenvalue weighted by Crippen LogP contribution is -2.30. The molecule has 0 bridgehead atoms. The molecule has 0 fully saturated rings. The fourth-order valence-corrected chi connectivity index (χ4v) is 2.16. The van der Waals surface area contributed by atoms with Gasteiger partial charge in [0.15, 0.2) is 6.29 Å². The summed E-state index contributed by atoms with van der Waals surface area (Å²) < 4.78 is 5.26. The van der Waals surface area contributed by atoms with Crippen LogP contribution >= 0.6 is 0 Å². The maximum atomic E-state index is 8.90. The van der Waals surface area contributed by atoms with Crippen LogP contribution in [0.15, 0.2) is 0 Å². The quantitative estimate of drug-likeness (QED) is 0.499. The van der Waals surface area contributed by atoms with Gasteiger partial charge in [0.05, 0.1) is 8.80 Å². The van der Waals surface area contributed by atoms with Gasteiger partial charge < -0.3 is 9.84 Å². The van der Waals surface area contributed by atoms with Crippen molar-refractivity contribution in [2.45, 2.75) is 45.4 Å². The molecule has 0 aromatic rings. The maximum Gasteiger partial charge on any atom is 0.151 e. The van der Waals surface area contributed by atoms with E-state index in [9.17, 15) is 0 Å². The van der Waals surface area contributed by atoms with Gasteiger partial charge in [-0.15, -0.1) is 0 Å². The second-order valence-corrected chi connectivity index (χ2v) is 5.51. The number of hydrogen-bond acceptors (Lipinski definition) is 2. The highest BCUT2D eigenvalue weighted by Gasteiger charge is 2.14. The Balaban J connectivity index is 3.60. The molecule has 0 aromatic carbocycles. The molecular weight excluding hydrogens is 144 g/mol. The van der Waals surface area contributed by atoms with Crippen molar-refractivity contribution in [3.63, 3.8) is 0 Å². The molecule has 10 heavy (non-hydrogen) atoms. The molecule has 0 aromatic heterocycles. The molecule has 0 spiro atoms. The summed E-state index contributed by atoms with van der Waals surface area (Å²) >= 11 is 0. The Morgan fingerprint density at radius 3 is 2.10 bits per heavy atom. The van der Waals surface area contributed by atoms with Crippen molar-refractivity contribution in [1.82, 2.24) is 0 Å². The van der Waals surface area contributed by atoms with Crippen LogP contribution in [-0.2, 0) is 4.74 Å². The number of aliphatic hydroxyl groups excluding tert-OH is 1. The van der Waals surface area contributed by atoms with Crippen molar-refractivity contribution in [2.75, 3.05) is 0 Å². The molecule has 0 amide bonds. The van der Waals surface area contributed by atoms with Crippen LogP contribution in [0.4, 0.5) is 0 Å². The number of aliphatic hydroxyl groups is 1. The first-order chi connectivity index (χ1) is 4.57. The molecule has 1 N–H and O–H groups in total. The fourth-order valence-electron chi connectivity index (χ4n) is 0.878. The molecule has 0 aliphatic rings. The van der Waals surface area contributed by atoms with Gasteiger partial charge >= 0.3 is 0 Å². The summed E-state index contributed by atoms with van der Waals surface area (Å²) in [5.74, 6) is 0. The van der Waals surface area contributed by atoms with E-state index in [4.69, 9.17) is 9.84 Å². The van der Waals surface area contributed by atoms with E-state index in [-0.39, 0.29) is 0 Å². The summed E-state index contributed by atoms with van der Waals surface area (Å²) in [6.45, 7) is 8.14. The summed E-state index contributed by atoms with van der Waals surface area (Å²) in [7, 11) is -0.401. The van der Waals surface area contributed by atoms with Crippen LogP contribution in [0.2, 0.25) is 13.1 Å². The Bertz CT molecular complexity index is 83.7. The third kappa shape index (κ3) is 4.03. The lowest BCUT2D eigenvalue weighted by atomic mass is 10.5. The SMILES string of the molecule is CCC(OC(C)O)[Si](C)C. The van der Waals surface area contributed by atoms with E-state index < -0.39 is 15.1 Å². The summed E-state index contributed by atoms with van der Waals surface area (Å²) in [6, 6.07) is 0. The molecule has 0 rings (SSSR count). The number of hydrogen-bond donors (Lipinski definition) is 1. The Morgan fingerprint density at radius 2 is 2.00 bits per heavy atom. The molecule has 1 radical (unpaired) electrons. The van der Waals surface area contributed by atoms with E-state index in [0.29, 0.717) is 5.73 Å². The van der Waals surface area contributed by atoms with Gasteiger partial charge in [-0.05, 0) is 13.3 Å². The molecule has 2 unspecified atom stereocenters. The van der Waals surface area contributed by atoms with Crippen LogP contribution in [-0.4, -0.2) is 25.9 Å². The van der Waals surface area contributed by atoms with Crippen LogP contribution < -0.4 is 0 Å². The zero-order valence-electron chi connectivity index (χ0n) is 7.22. The van der Waals surface area contributed by atoms with Gasteiger partial charge in [-0.1, -0.05) is 20.0 Å². The van der Waals surface area contributed by atoms with Crippen molar-refractivity contribution in [3.05, 3.63) is 0 Å². The van der Waals surface area contributed by atoms with Crippen molar-refractivity contribution in [1.29, 1.82) is 0 Å². The van der Waals surface area contributed by atoms with E-state index in [1.165, 1.54) is 0 Å². The van der Waals surface area contributed by atoms with Crippen LogP contribution in [0.3, 0.4) is 0 Å². The molecule has 2 nitrogen and oxygen atoms in total. The van der Waals surface area contributed by atoms with Gasteiger partial charge in [0, 0.05) is 5.73 Å². The molecule has 61 valence electrons. The molecular formula is C7H17O2Si. The average molecular weight is 161 g/mol. The van der Waals surface area contributed by atoms with Gasteiger partial charge in [0.2, 0.25) is 0 Å². The largest absolute Gasteiger partial charge is 0.368 e. The van der Waals surface area contributed by atoms with Crippen molar-refractivity contribution in [3.8, 4) is 0 Å². The van der Waals surface area contributed by atoms with Gasteiger partial charge in [0.25, 0.3) is 0 Å². The van der Waals surface area contributed by atoms with E-state index in [2.05, 4.69) is 20.0 Å². The second kappa shape index (κ2) is 4.88. The third-order valence-electron chi connectivity index (χ3n) is 1.38. The van der Waals surface area contributed by atoms with Gasteiger partial charge in [-0.25, -0.2) is 0 Å². The normalized spacial score (nSPS) is 17.4. The zero-order chi connectivity index (χ0) is 8.15. The summed E-state index contributed by atoms with van der Waals surface area (Å²) in [4.78, 5) is 0. The summed E-state index contributed by atoms with van der Waals surface area (Å²) in [5, 5.41) is 8.90. The van der Waals surface area contributed by atoms with Gasteiger partial charge in [-0.2, -0.15) is 0 Å². The second-order valence-electron chi connectivity index (χ2n) is 2.71. The van der Waals surface area contributed by atoms with Crippen molar-refractivity contribution in [2.24, 2.45) is 0 Å². The van der Waals surface area contributed by atoms with Gasteiger partial charge in [-0.3, -0.25) is 0 Å². The van der Waals surface area contributed by atoms with Crippen molar-refractivity contribution >= 4 is 8.80 Å². The molecule has 0 aliphatic heterocycles. The Hall–Kier alpha value is 0.137.